The largest absolute Gasteiger partial charge is 0.426 e. The number of hydrogen-bond donors (Lipinski definition) is 2. The van der Waals surface area contributed by atoms with E-state index in [1.54, 1.807) is 22.9 Å². The summed E-state index contributed by atoms with van der Waals surface area (Å²) in [5.74, 6) is -0.246. The van der Waals surface area contributed by atoms with Crippen molar-refractivity contribution in [3.05, 3.63) is 76.7 Å². The number of para-hydroxylation sites is 1. The third-order valence-corrected chi connectivity index (χ3v) is 3.75. The molecule has 0 saturated heterocycles. The number of H-pyrrole nitrogens is 1. The van der Waals surface area contributed by atoms with Crippen LogP contribution >= 0.6 is 0 Å². The lowest BCUT2D eigenvalue weighted by Crippen LogP contribution is -2.11. The average Bonchev–Trinajstić information content (AvgIpc) is 3.07. The number of carbonyl (C=O) groups excluding carboxylic acids is 1. The lowest BCUT2D eigenvalue weighted by Gasteiger charge is -2.06. The van der Waals surface area contributed by atoms with Crippen LogP contribution in [-0.4, -0.2) is 25.7 Å². The molecule has 0 aliphatic heterocycles. The van der Waals surface area contributed by atoms with E-state index in [0.717, 1.165) is 5.69 Å². The Bertz CT molecular complexity index is 1160. The molecule has 0 atom stereocenters. The van der Waals surface area contributed by atoms with E-state index >= 15 is 0 Å². The minimum absolute atomic E-state index is 0.0122. The number of fused-ring (bicyclic) bond motifs is 1. The molecule has 2 aromatic carbocycles. The molecule has 0 unspecified atom stereocenters. The summed E-state index contributed by atoms with van der Waals surface area (Å²) in [4.78, 5) is 30.5. The Morgan fingerprint density at radius 1 is 1.12 bits per heavy atom. The summed E-state index contributed by atoms with van der Waals surface area (Å²) in [5.41, 5.74) is 6.31. The molecule has 3 N–H and O–H groups in total. The Balaban J connectivity index is 1.78. The molecule has 0 aliphatic rings. The summed E-state index contributed by atoms with van der Waals surface area (Å²) in [7, 11) is 0. The van der Waals surface area contributed by atoms with E-state index in [1.807, 2.05) is 30.3 Å². The molecule has 0 spiro atoms. The third kappa shape index (κ3) is 2.80. The molecule has 1 amide bonds. The second-order valence-corrected chi connectivity index (χ2v) is 5.49. The number of aromatic amines is 1. The van der Waals surface area contributed by atoms with Gasteiger partial charge in [0.15, 0.2) is 5.65 Å². The van der Waals surface area contributed by atoms with Gasteiger partial charge in [0.2, 0.25) is 5.91 Å². The van der Waals surface area contributed by atoms with Gasteiger partial charge in [-0.2, -0.15) is 10.1 Å². The maximum atomic E-state index is 12.3. The highest BCUT2D eigenvalue weighted by atomic mass is 16.5. The van der Waals surface area contributed by atoms with Crippen LogP contribution in [0, 0.1) is 0 Å². The number of nitrogens with two attached hydrogens (primary N) is 1. The fraction of sp³-hybridized carbons (Fsp3) is 0. The molecule has 8 heteroatoms. The smallest absolute Gasteiger partial charge is 0.304 e. The van der Waals surface area contributed by atoms with Gasteiger partial charge in [-0.05, 0) is 30.3 Å². The van der Waals surface area contributed by atoms with Crippen molar-refractivity contribution in [1.29, 1.82) is 0 Å². The van der Waals surface area contributed by atoms with Crippen molar-refractivity contribution >= 4 is 16.9 Å². The van der Waals surface area contributed by atoms with Gasteiger partial charge in [0, 0.05) is 5.56 Å². The zero-order chi connectivity index (χ0) is 18.1. The quantitative estimate of drug-likeness (QED) is 0.586. The Labute approximate surface area is 146 Å². The fourth-order valence-electron chi connectivity index (χ4n) is 2.53. The summed E-state index contributed by atoms with van der Waals surface area (Å²) in [6, 6.07) is 15.6. The third-order valence-electron chi connectivity index (χ3n) is 3.75. The number of carbonyl (C=O) groups is 1. The standard InChI is InChI=1S/C18H13N5O3/c19-15(24)11-5-4-8-13(9-11)26-18-21-16-14(17(25)22-18)10-20-23(16)12-6-2-1-3-7-12/h1-10H,(H2,19,24)(H,21,22,25). The average molecular weight is 347 g/mol. The minimum atomic E-state index is -0.575. The number of benzene rings is 2. The molecule has 0 fully saturated rings. The van der Waals surface area contributed by atoms with E-state index in [1.165, 1.54) is 12.3 Å². The molecule has 2 aromatic heterocycles. The molecule has 0 radical (unpaired) electrons. The first-order valence-corrected chi connectivity index (χ1v) is 7.73. The molecule has 26 heavy (non-hydrogen) atoms. The summed E-state index contributed by atoms with van der Waals surface area (Å²) in [6.07, 6.45) is 1.45. The van der Waals surface area contributed by atoms with Crippen molar-refractivity contribution in [3.8, 4) is 17.4 Å². The normalized spacial score (nSPS) is 10.8. The Morgan fingerprint density at radius 3 is 2.69 bits per heavy atom. The van der Waals surface area contributed by atoms with E-state index in [2.05, 4.69) is 15.1 Å². The molecule has 4 aromatic rings. The van der Waals surface area contributed by atoms with Crippen LogP contribution < -0.4 is 16.0 Å². The second-order valence-electron chi connectivity index (χ2n) is 5.49. The predicted octanol–water partition coefficient (Wildman–Crippen LogP) is 2.00. The van der Waals surface area contributed by atoms with Gasteiger partial charge in [0.25, 0.3) is 5.56 Å². The highest BCUT2D eigenvalue weighted by Crippen LogP contribution is 2.21. The van der Waals surface area contributed by atoms with Gasteiger partial charge < -0.3 is 10.5 Å². The van der Waals surface area contributed by atoms with Crippen molar-refractivity contribution in [2.24, 2.45) is 5.73 Å². The highest BCUT2D eigenvalue weighted by Gasteiger charge is 2.13. The second kappa shape index (κ2) is 6.17. The minimum Gasteiger partial charge on any atom is -0.426 e. The number of primary amides is 1. The number of nitrogens with one attached hydrogen (secondary N) is 1. The van der Waals surface area contributed by atoms with Crippen LogP contribution in [0.25, 0.3) is 16.7 Å². The molecule has 8 nitrogen and oxygen atoms in total. The van der Waals surface area contributed by atoms with Gasteiger partial charge in [0.05, 0.1) is 11.9 Å². The van der Waals surface area contributed by atoms with Crippen LogP contribution in [0.4, 0.5) is 0 Å². The summed E-state index contributed by atoms with van der Waals surface area (Å²) in [6.45, 7) is 0. The van der Waals surface area contributed by atoms with Crippen LogP contribution in [0.5, 0.6) is 11.8 Å². The van der Waals surface area contributed by atoms with Crippen molar-refractivity contribution in [3.63, 3.8) is 0 Å². The number of nitrogens with zero attached hydrogens (tertiary/aromatic N) is 3. The van der Waals surface area contributed by atoms with Gasteiger partial charge >= 0.3 is 6.01 Å². The lowest BCUT2D eigenvalue weighted by atomic mass is 10.2. The molecule has 0 saturated carbocycles. The first-order valence-electron chi connectivity index (χ1n) is 7.73. The maximum Gasteiger partial charge on any atom is 0.304 e. The van der Waals surface area contributed by atoms with E-state index < -0.39 is 5.91 Å². The van der Waals surface area contributed by atoms with Crippen LogP contribution in [0.1, 0.15) is 10.4 Å². The van der Waals surface area contributed by atoms with E-state index in [0.29, 0.717) is 22.3 Å². The van der Waals surface area contributed by atoms with E-state index in [4.69, 9.17) is 10.5 Å². The molecular formula is C18H13N5O3. The Morgan fingerprint density at radius 2 is 1.92 bits per heavy atom. The topological polar surface area (TPSA) is 116 Å². The van der Waals surface area contributed by atoms with E-state index in [9.17, 15) is 9.59 Å². The molecule has 0 bridgehead atoms. The molecule has 4 rings (SSSR count). The molecule has 2 heterocycles. The first-order chi connectivity index (χ1) is 12.6. The SMILES string of the molecule is NC(=O)c1cccc(Oc2nc3c(cnn3-c3ccccc3)c(=O)[nH]2)c1. The van der Waals surface area contributed by atoms with Crippen LogP contribution in [0.3, 0.4) is 0 Å². The van der Waals surface area contributed by atoms with Crippen molar-refractivity contribution in [2.45, 2.75) is 0 Å². The molecule has 0 aliphatic carbocycles. The highest BCUT2D eigenvalue weighted by molar-refractivity contribution is 5.93. The maximum absolute atomic E-state index is 12.3. The van der Waals surface area contributed by atoms with Crippen LogP contribution in [-0.2, 0) is 0 Å². The molecule has 128 valence electrons. The predicted molar refractivity (Wildman–Crippen MR) is 94.5 cm³/mol. The van der Waals surface area contributed by atoms with Gasteiger partial charge in [-0.15, -0.1) is 0 Å². The fourth-order valence-corrected chi connectivity index (χ4v) is 2.53. The zero-order valence-electron chi connectivity index (χ0n) is 13.4. The first kappa shape index (κ1) is 15.6. The lowest BCUT2D eigenvalue weighted by molar-refractivity contribution is 0.1000. The van der Waals surface area contributed by atoms with Gasteiger partial charge in [-0.1, -0.05) is 24.3 Å². The summed E-state index contributed by atoms with van der Waals surface area (Å²) >= 11 is 0. The summed E-state index contributed by atoms with van der Waals surface area (Å²) in [5, 5.41) is 4.57. The monoisotopic (exact) mass is 347 g/mol. The number of aromatic nitrogens is 4. The van der Waals surface area contributed by atoms with Crippen LogP contribution in [0.2, 0.25) is 0 Å². The Kier molecular flexibility index (Phi) is 3.70. The molecular weight excluding hydrogens is 334 g/mol. The number of amides is 1. The van der Waals surface area contributed by atoms with Gasteiger partial charge in [-0.3, -0.25) is 14.6 Å². The van der Waals surface area contributed by atoms with Crippen LogP contribution in [0.15, 0.2) is 65.6 Å². The summed E-state index contributed by atoms with van der Waals surface area (Å²) < 4.78 is 7.16. The number of ether oxygens (including phenoxy) is 1. The van der Waals surface area contributed by atoms with Crippen molar-refractivity contribution < 1.29 is 9.53 Å². The van der Waals surface area contributed by atoms with Gasteiger partial charge in [0.1, 0.15) is 11.1 Å². The van der Waals surface area contributed by atoms with Crippen molar-refractivity contribution in [2.75, 3.05) is 0 Å². The number of rotatable bonds is 4. The van der Waals surface area contributed by atoms with Gasteiger partial charge in [-0.25, -0.2) is 4.68 Å². The van der Waals surface area contributed by atoms with E-state index in [-0.39, 0.29) is 11.6 Å². The Hall–Kier alpha value is -3.94. The number of hydrogen-bond acceptors (Lipinski definition) is 5. The van der Waals surface area contributed by atoms with Crippen molar-refractivity contribution in [1.82, 2.24) is 19.7 Å². The zero-order valence-corrected chi connectivity index (χ0v) is 13.4.